The highest BCUT2D eigenvalue weighted by Crippen LogP contribution is 2.40. The van der Waals surface area contributed by atoms with E-state index in [0.29, 0.717) is 32.6 Å². The summed E-state index contributed by atoms with van der Waals surface area (Å²) in [7, 11) is 0. The van der Waals surface area contributed by atoms with Gasteiger partial charge in [-0.25, -0.2) is 0 Å². The summed E-state index contributed by atoms with van der Waals surface area (Å²) in [6.07, 6.45) is 5.03. The third-order valence-electron chi connectivity index (χ3n) is 8.36. The number of piperidine rings is 1. The van der Waals surface area contributed by atoms with E-state index in [4.69, 9.17) is 0 Å². The second kappa shape index (κ2) is 12.0. The van der Waals surface area contributed by atoms with E-state index in [1.807, 2.05) is 67.3 Å². The molecule has 1 unspecified atom stereocenters. The maximum atomic E-state index is 14.0. The number of amides is 3. The first kappa shape index (κ1) is 27.7. The summed E-state index contributed by atoms with van der Waals surface area (Å²) < 4.78 is 0. The van der Waals surface area contributed by atoms with Crippen LogP contribution in [0.5, 0.6) is 0 Å². The van der Waals surface area contributed by atoms with Crippen LogP contribution in [-0.4, -0.2) is 59.4 Å². The molecule has 38 heavy (non-hydrogen) atoms. The summed E-state index contributed by atoms with van der Waals surface area (Å²) in [4.78, 5) is 46.0. The minimum Gasteiger partial charge on any atom is -0.342 e. The second-order valence-electron chi connectivity index (χ2n) is 10.9. The van der Waals surface area contributed by atoms with Gasteiger partial charge in [-0.15, -0.1) is 0 Å². The molecule has 7 heteroatoms. The van der Waals surface area contributed by atoms with Crippen molar-refractivity contribution in [2.24, 2.45) is 5.92 Å². The summed E-state index contributed by atoms with van der Waals surface area (Å²) in [5.74, 6) is 0.0407. The summed E-state index contributed by atoms with van der Waals surface area (Å²) in [6, 6.07) is 15.8. The molecule has 2 aliphatic rings. The third kappa shape index (κ3) is 5.71. The monoisotopic (exact) mass is 518 g/mol. The average Bonchev–Trinajstić information content (AvgIpc) is 3.18. The smallest absolute Gasteiger partial charge is 0.250 e. The van der Waals surface area contributed by atoms with Gasteiger partial charge >= 0.3 is 0 Å². The van der Waals surface area contributed by atoms with E-state index in [0.717, 1.165) is 42.6 Å². The van der Waals surface area contributed by atoms with Crippen LogP contribution < -0.4 is 10.2 Å². The Kier molecular flexibility index (Phi) is 8.75. The Bertz CT molecular complexity index is 1140. The van der Waals surface area contributed by atoms with Crippen molar-refractivity contribution in [1.82, 2.24) is 9.80 Å². The maximum absolute atomic E-state index is 14.0. The summed E-state index contributed by atoms with van der Waals surface area (Å²) in [6.45, 7) is 9.74. The van der Waals surface area contributed by atoms with Crippen molar-refractivity contribution in [2.45, 2.75) is 71.8 Å². The zero-order chi connectivity index (χ0) is 27.3. The van der Waals surface area contributed by atoms with E-state index >= 15 is 0 Å². The molecule has 2 aromatic carbocycles. The molecule has 204 valence electrons. The highest BCUT2D eigenvalue weighted by Gasteiger charge is 2.54. The van der Waals surface area contributed by atoms with Crippen molar-refractivity contribution < 1.29 is 14.4 Å². The molecular formula is C31H42N4O3. The Morgan fingerprint density at radius 3 is 2.34 bits per heavy atom. The molecule has 2 saturated heterocycles. The van der Waals surface area contributed by atoms with E-state index in [1.54, 1.807) is 4.90 Å². The molecule has 1 atom stereocenters. The zero-order valence-electron chi connectivity index (χ0n) is 23.3. The number of unbranched alkanes of at least 4 members (excludes halogenated alkanes) is 1. The number of aryl methyl sites for hydroxylation is 2. The normalized spacial score (nSPS) is 17.7. The Labute approximate surface area is 227 Å². The fraction of sp³-hybridized carbons (Fsp3) is 0.516. The molecule has 0 saturated carbocycles. The van der Waals surface area contributed by atoms with Crippen LogP contribution in [0.2, 0.25) is 0 Å². The number of carbonyl (C=O) groups excluding carboxylic acids is 3. The lowest BCUT2D eigenvalue weighted by molar-refractivity contribution is -0.141. The van der Waals surface area contributed by atoms with Gasteiger partial charge in [0.2, 0.25) is 11.8 Å². The first-order valence-electron chi connectivity index (χ1n) is 14.1. The van der Waals surface area contributed by atoms with Crippen molar-refractivity contribution in [2.75, 3.05) is 36.5 Å². The molecule has 2 fully saturated rings. The fourth-order valence-electron chi connectivity index (χ4n) is 5.82. The van der Waals surface area contributed by atoms with Gasteiger partial charge in [-0.1, -0.05) is 51.0 Å². The number of likely N-dealkylation sites (tertiary alicyclic amines) is 1. The van der Waals surface area contributed by atoms with E-state index < -0.39 is 5.54 Å². The van der Waals surface area contributed by atoms with E-state index in [9.17, 15) is 14.4 Å². The van der Waals surface area contributed by atoms with Gasteiger partial charge in [0.05, 0.1) is 6.67 Å². The number of para-hydroxylation sites is 1. The molecule has 4 rings (SSSR count). The number of hydrogen-bond donors (Lipinski definition) is 1. The largest absolute Gasteiger partial charge is 0.342 e. The van der Waals surface area contributed by atoms with Gasteiger partial charge in [-0.05, 0) is 74.9 Å². The highest BCUT2D eigenvalue weighted by molar-refractivity contribution is 5.99. The molecule has 2 aromatic rings. The van der Waals surface area contributed by atoms with Gasteiger partial charge in [0.25, 0.3) is 5.91 Å². The van der Waals surface area contributed by atoms with Crippen LogP contribution in [0.4, 0.5) is 11.4 Å². The Hall–Kier alpha value is -3.35. The van der Waals surface area contributed by atoms with Crippen LogP contribution in [-0.2, 0) is 14.4 Å². The summed E-state index contributed by atoms with van der Waals surface area (Å²) in [5.41, 5.74) is 3.23. The number of anilines is 2. The molecule has 2 heterocycles. The number of nitrogens with one attached hydrogen (secondary N) is 1. The van der Waals surface area contributed by atoms with Gasteiger partial charge in [-0.2, -0.15) is 0 Å². The number of benzene rings is 2. The lowest BCUT2D eigenvalue weighted by Gasteiger charge is -2.44. The molecule has 2 aliphatic heterocycles. The number of hydrogen-bond acceptors (Lipinski definition) is 4. The average molecular weight is 519 g/mol. The number of rotatable bonds is 9. The van der Waals surface area contributed by atoms with E-state index in [2.05, 4.69) is 24.1 Å². The third-order valence-corrected chi connectivity index (χ3v) is 8.36. The molecular weight excluding hydrogens is 476 g/mol. The van der Waals surface area contributed by atoms with Gasteiger partial charge in [0.1, 0.15) is 12.1 Å². The first-order chi connectivity index (χ1) is 18.3. The fourth-order valence-corrected chi connectivity index (χ4v) is 5.82. The topological polar surface area (TPSA) is 73.0 Å². The Balaban J connectivity index is 1.49. The second-order valence-corrected chi connectivity index (χ2v) is 10.9. The van der Waals surface area contributed by atoms with Gasteiger partial charge in [0, 0.05) is 30.4 Å². The van der Waals surface area contributed by atoms with Gasteiger partial charge < -0.3 is 20.0 Å². The molecule has 1 spiro atoms. The van der Waals surface area contributed by atoms with Gasteiger partial charge in [-0.3, -0.25) is 14.4 Å². The standard InChI is InChI=1S/C31H42N4O3/c1-5-7-11-25(6-2)29(37)33-18-16-31(17-19-33)30(38)34(22-35(31)27-12-9-8-10-13-27)21-28(36)32-26-15-14-23(3)24(4)20-26/h8-10,12-15,20,25H,5-7,11,16-19,21-22H2,1-4H3,(H,32,36). The van der Waals surface area contributed by atoms with Crippen molar-refractivity contribution >= 4 is 29.1 Å². The number of carbonyl (C=O) groups is 3. The molecule has 7 nitrogen and oxygen atoms in total. The van der Waals surface area contributed by atoms with Crippen molar-refractivity contribution in [3.8, 4) is 0 Å². The van der Waals surface area contributed by atoms with E-state index in [1.165, 1.54) is 5.56 Å². The Morgan fingerprint density at radius 1 is 1.00 bits per heavy atom. The van der Waals surface area contributed by atoms with Crippen LogP contribution in [0.25, 0.3) is 0 Å². The van der Waals surface area contributed by atoms with Crippen LogP contribution >= 0.6 is 0 Å². The first-order valence-corrected chi connectivity index (χ1v) is 14.1. The van der Waals surface area contributed by atoms with Crippen LogP contribution in [0, 0.1) is 19.8 Å². The summed E-state index contributed by atoms with van der Waals surface area (Å²) in [5, 5.41) is 2.96. The minimum atomic E-state index is -0.746. The maximum Gasteiger partial charge on any atom is 0.250 e. The van der Waals surface area contributed by atoms with Crippen molar-refractivity contribution in [3.05, 3.63) is 59.7 Å². The predicted octanol–water partition coefficient (Wildman–Crippen LogP) is 5.13. The molecule has 1 N–H and O–H groups in total. The predicted molar refractivity (Wildman–Crippen MR) is 152 cm³/mol. The quantitative estimate of drug-likeness (QED) is 0.500. The van der Waals surface area contributed by atoms with Gasteiger partial charge in [0.15, 0.2) is 0 Å². The molecule has 0 bridgehead atoms. The molecule has 0 aromatic heterocycles. The highest BCUT2D eigenvalue weighted by atomic mass is 16.2. The lowest BCUT2D eigenvalue weighted by atomic mass is 9.84. The van der Waals surface area contributed by atoms with E-state index in [-0.39, 0.29) is 30.2 Å². The lowest BCUT2D eigenvalue weighted by Crippen LogP contribution is -2.58. The minimum absolute atomic E-state index is 0.00554. The molecule has 3 amide bonds. The number of nitrogens with zero attached hydrogens (tertiary/aromatic N) is 3. The van der Waals surface area contributed by atoms with Crippen LogP contribution in [0.1, 0.15) is 63.5 Å². The van der Waals surface area contributed by atoms with Crippen LogP contribution in [0.15, 0.2) is 48.5 Å². The molecule has 0 aliphatic carbocycles. The van der Waals surface area contributed by atoms with Crippen molar-refractivity contribution in [3.63, 3.8) is 0 Å². The van der Waals surface area contributed by atoms with Crippen molar-refractivity contribution in [1.29, 1.82) is 0 Å². The summed E-state index contributed by atoms with van der Waals surface area (Å²) >= 11 is 0. The molecule has 0 radical (unpaired) electrons. The SMILES string of the molecule is CCCCC(CC)C(=O)N1CCC2(CC1)C(=O)N(CC(=O)Nc1ccc(C)c(C)c1)CN2c1ccccc1. The van der Waals surface area contributed by atoms with Crippen LogP contribution in [0.3, 0.4) is 0 Å². The zero-order valence-corrected chi connectivity index (χ0v) is 23.3. The Morgan fingerprint density at radius 2 is 1.71 bits per heavy atom.